The van der Waals surface area contributed by atoms with Crippen LogP contribution in [0, 0.1) is 34.3 Å². The topological polar surface area (TPSA) is 88.9 Å². The highest BCUT2D eigenvalue weighted by Gasteiger charge is 2.34. The zero-order valence-electron chi connectivity index (χ0n) is 20.9. The minimum absolute atomic E-state index is 0.0168. The van der Waals surface area contributed by atoms with Crippen molar-refractivity contribution in [3.05, 3.63) is 105 Å². The molecule has 1 fully saturated rings. The van der Waals surface area contributed by atoms with Crippen LogP contribution in [0.25, 0.3) is 11.0 Å². The fourth-order valence-corrected chi connectivity index (χ4v) is 5.29. The third-order valence-corrected chi connectivity index (χ3v) is 7.14. The molecule has 2 aromatic heterocycles. The van der Waals surface area contributed by atoms with Crippen molar-refractivity contribution < 1.29 is 8.78 Å². The van der Waals surface area contributed by atoms with E-state index in [9.17, 15) is 24.1 Å². The van der Waals surface area contributed by atoms with Gasteiger partial charge in [-0.15, -0.1) is 0 Å². The number of nitrogens with zero attached hydrogens (tertiary/aromatic N) is 6. The van der Waals surface area contributed by atoms with Gasteiger partial charge in [-0.05, 0) is 54.4 Å². The molecule has 7 nitrogen and oxygen atoms in total. The van der Waals surface area contributed by atoms with E-state index >= 15 is 0 Å². The molecule has 0 aliphatic carbocycles. The molecule has 0 saturated carbocycles. The van der Waals surface area contributed by atoms with E-state index in [1.807, 2.05) is 17.9 Å². The Kier molecular flexibility index (Phi) is 6.62. The van der Waals surface area contributed by atoms with Gasteiger partial charge < -0.3 is 9.47 Å². The highest BCUT2D eigenvalue weighted by molar-refractivity contribution is 5.92. The van der Waals surface area contributed by atoms with Crippen LogP contribution in [0.1, 0.15) is 35.3 Å². The third kappa shape index (κ3) is 4.38. The molecule has 190 valence electrons. The first kappa shape index (κ1) is 25.1. The van der Waals surface area contributed by atoms with Crippen LogP contribution in [0.15, 0.2) is 65.5 Å². The fourth-order valence-electron chi connectivity index (χ4n) is 5.29. The maximum absolute atomic E-state index is 13.7. The zero-order valence-corrected chi connectivity index (χ0v) is 20.9. The molecule has 9 heteroatoms. The minimum atomic E-state index is -0.424. The van der Waals surface area contributed by atoms with E-state index in [-0.39, 0.29) is 35.0 Å². The molecule has 5 rings (SSSR count). The Hall–Kier alpha value is -4.60. The molecule has 1 aliphatic heterocycles. The molecule has 0 spiro atoms. The number of anilines is 1. The zero-order chi connectivity index (χ0) is 27.0. The Bertz CT molecular complexity index is 1610. The van der Waals surface area contributed by atoms with Crippen LogP contribution in [0.2, 0.25) is 0 Å². The molecule has 0 radical (unpaired) electrons. The molecule has 2 aromatic carbocycles. The molecule has 0 bridgehead atoms. The fraction of sp³-hybridized carbons (Fsp3) is 0.241. The lowest BCUT2D eigenvalue weighted by atomic mass is 9.94. The first-order chi connectivity index (χ1) is 18.3. The van der Waals surface area contributed by atoms with Crippen molar-refractivity contribution in [2.24, 2.45) is 7.05 Å². The smallest absolute Gasteiger partial charge is 0.270 e. The van der Waals surface area contributed by atoms with Crippen LogP contribution in [0.5, 0.6) is 0 Å². The van der Waals surface area contributed by atoms with Gasteiger partial charge in [0.05, 0.1) is 17.2 Å². The molecule has 1 saturated heterocycles. The molecule has 1 aliphatic rings. The van der Waals surface area contributed by atoms with Gasteiger partial charge in [0.25, 0.3) is 5.56 Å². The van der Waals surface area contributed by atoms with E-state index in [0.29, 0.717) is 36.4 Å². The van der Waals surface area contributed by atoms with Gasteiger partial charge in [0.2, 0.25) is 0 Å². The van der Waals surface area contributed by atoms with Crippen LogP contribution in [-0.4, -0.2) is 40.1 Å². The molecular weight excluding hydrogens is 486 g/mol. The maximum Gasteiger partial charge on any atom is 0.270 e. The number of fused-ring (bicyclic) bond motifs is 1. The lowest BCUT2D eigenvalue weighted by Gasteiger charge is -2.45. The van der Waals surface area contributed by atoms with Crippen molar-refractivity contribution in [3.63, 3.8) is 0 Å². The molecule has 3 heterocycles. The van der Waals surface area contributed by atoms with Crippen molar-refractivity contribution in [1.82, 2.24) is 14.5 Å². The SMILES string of the molecule is CC1CN(c2c(C#N)c(=O)n(C)c3ccc(C#N)nc23)CCN1C(c1ccc(F)cc1)c1ccc(F)cc1. The molecule has 0 amide bonds. The van der Waals surface area contributed by atoms with Gasteiger partial charge in [-0.25, -0.2) is 13.8 Å². The van der Waals surface area contributed by atoms with Crippen LogP contribution >= 0.6 is 0 Å². The van der Waals surface area contributed by atoms with E-state index in [1.165, 1.54) is 28.8 Å². The number of benzene rings is 2. The number of rotatable bonds is 4. The Labute approximate surface area is 218 Å². The summed E-state index contributed by atoms with van der Waals surface area (Å²) in [6.45, 7) is 3.52. The molecule has 1 atom stereocenters. The van der Waals surface area contributed by atoms with Crippen LogP contribution in [0.4, 0.5) is 14.5 Å². The quantitative estimate of drug-likeness (QED) is 0.408. The van der Waals surface area contributed by atoms with Crippen LogP contribution in [0.3, 0.4) is 0 Å². The van der Waals surface area contributed by atoms with Gasteiger partial charge in [0.1, 0.15) is 40.5 Å². The normalized spacial score (nSPS) is 16.0. The maximum atomic E-state index is 13.7. The molecule has 0 N–H and O–H groups in total. The number of pyridine rings is 2. The second-order valence-corrected chi connectivity index (χ2v) is 9.41. The van der Waals surface area contributed by atoms with Gasteiger partial charge in [0.15, 0.2) is 0 Å². The van der Waals surface area contributed by atoms with Crippen molar-refractivity contribution in [3.8, 4) is 12.1 Å². The van der Waals surface area contributed by atoms with Gasteiger partial charge in [0, 0.05) is 32.7 Å². The summed E-state index contributed by atoms with van der Waals surface area (Å²) >= 11 is 0. The second kappa shape index (κ2) is 10.0. The number of nitriles is 2. The number of hydrogen-bond acceptors (Lipinski definition) is 6. The van der Waals surface area contributed by atoms with Crippen LogP contribution < -0.4 is 10.5 Å². The summed E-state index contributed by atoms with van der Waals surface area (Å²) in [6.07, 6.45) is 0. The van der Waals surface area contributed by atoms with E-state index in [4.69, 9.17) is 0 Å². The number of piperazine rings is 1. The predicted molar refractivity (Wildman–Crippen MR) is 139 cm³/mol. The first-order valence-electron chi connectivity index (χ1n) is 12.2. The Balaban J connectivity index is 1.56. The van der Waals surface area contributed by atoms with Gasteiger partial charge in [-0.2, -0.15) is 10.5 Å². The van der Waals surface area contributed by atoms with Gasteiger partial charge in [-0.1, -0.05) is 24.3 Å². The lowest BCUT2D eigenvalue weighted by molar-refractivity contribution is 0.150. The standard InChI is InChI=1S/C29H24F2N6O/c1-18-17-36(28-24(16-33)29(38)35(2)25-12-11-23(15-32)34-26(25)28)13-14-37(18)27(19-3-7-21(30)8-4-19)20-5-9-22(31)10-6-20/h3-12,18,27H,13-14,17H2,1-2H3. The predicted octanol–water partition coefficient (Wildman–Crippen LogP) is 4.26. The average Bonchev–Trinajstić information content (AvgIpc) is 2.93. The number of hydrogen-bond donors (Lipinski definition) is 0. The Morgan fingerprint density at radius 2 is 1.53 bits per heavy atom. The van der Waals surface area contributed by atoms with Crippen LogP contribution in [-0.2, 0) is 7.05 Å². The summed E-state index contributed by atoms with van der Waals surface area (Å²) in [5, 5.41) is 19.4. The number of aryl methyl sites for hydroxylation is 1. The summed E-state index contributed by atoms with van der Waals surface area (Å²) < 4.78 is 28.8. The van der Waals surface area contributed by atoms with Crippen molar-refractivity contribution >= 4 is 16.7 Å². The van der Waals surface area contributed by atoms with Gasteiger partial charge in [-0.3, -0.25) is 9.69 Å². The largest absolute Gasteiger partial charge is 0.366 e. The van der Waals surface area contributed by atoms with Crippen molar-refractivity contribution in [1.29, 1.82) is 10.5 Å². The average molecular weight is 511 g/mol. The van der Waals surface area contributed by atoms with E-state index in [0.717, 1.165) is 11.1 Å². The minimum Gasteiger partial charge on any atom is -0.366 e. The van der Waals surface area contributed by atoms with Crippen molar-refractivity contribution in [2.45, 2.75) is 19.0 Å². The number of halogens is 2. The highest BCUT2D eigenvalue weighted by Crippen LogP contribution is 2.35. The van der Waals surface area contributed by atoms with E-state index in [1.54, 1.807) is 43.4 Å². The summed E-state index contributed by atoms with van der Waals surface area (Å²) in [6, 6.07) is 19.6. The third-order valence-electron chi connectivity index (χ3n) is 7.14. The molecule has 38 heavy (non-hydrogen) atoms. The summed E-state index contributed by atoms with van der Waals surface area (Å²) in [7, 11) is 1.58. The molecule has 4 aromatic rings. The number of aromatic nitrogens is 2. The van der Waals surface area contributed by atoms with Crippen molar-refractivity contribution in [2.75, 3.05) is 24.5 Å². The monoisotopic (exact) mass is 510 g/mol. The molecular formula is C29H24F2N6O. The summed E-state index contributed by atoms with van der Waals surface area (Å²) in [4.78, 5) is 21.8. The summed E-state index contributed by atoms with van der Waals surface area (Å²) in [5.74, 6) is -0.675. The lowest BCUT2D eigenvalue weighted by Crippen LogP contribution is -2.53. The van der Waals surface area contributed by atoms with E-state index in [2.05, 4.69) is 16.0 Å². The highest BCUT2D eigenvalue weighted by atomic mass is 19.1. The molecule has 1 unspecified atom stereocenters. The summed E-state index contributed by atoms with van der Waals surface area (Å²) in [5.41, 5.74) is 2.88. The van der Waals surface area contributed by atoms with Gasteiger partial charge >= 0.3 is 0 Å². The Morgan fingerprint density at radius 1 is 0.921 bits per heavy atom. The van der Waals surface area contributed by atoms with E-state index < -0.39 is 5.56 Å². The first-order valence-corrected chi connectivity index (χ1v) is 12.2. The Morgan fingerprint density at radius 3 is 2.05 bits per heavy atom. The second-order valence-electron chi connectivity index (χ2n) is 9.41.